The van der Waals surface area contributed by atoms with Crippen molar-refractivity contribution >= 4 is 23.3 Å². The van der Waals surface area contributed by atoms with Crippen LogP contribution >= 0.6 is 0 Å². The van der Waals surface area contributed by atoms with E-state index < -0.39 is 6.04 Å². The van der Waals surface area contributed by atoms with Gasteiger partial charge in [0, 0.05) is 18.7 Å². The smallest absolute Gasteiger partial charge is 0.249 e. The van der Waals surface area contributed by atoms with Crippen molar-refractivity contribution in [1.29, 1.82) is 0 Å². The molecule has 0 radical (unpaired) electrons. The van der Waals surface area contributed by atoms with Crippen molar-refractivity contribution in [2.24, 2.45) is 0 Å². The molecular weight excluding hydrogens is 412 g/mol. The first-order chi connectivity index (χ1) is 15.5. The molecule has 0 fully saturated rings. The number of hydrogen-bond acceptors (Lipinski definition) is 6. The Hall–Kier alpha value is -3.85. The molecule has 0 unspecified atom stereocenters. The second-order valence-electron chi connectivity index (χ2n) is 7.24. The average molecular weight is 436 g/mol. The van der Waals surface area contributed by atoms with Gasteiger partial charge in [-0.15, -0.1) is 0 Å². The number of ether oxygens (including phenoxy) is 3. The van der Waals surface area contributed by atoms with Crippen LogP contribution in [0.1, 0.15) is 18.2 Å². The van der Waals surface area contributed by atoms with Gasteiger partial charge in [-0.3, -0.25) is 9.59 Å². The number of aromatic nitrogens is 2. The molecule has 32 heavy (non-hydrogen) atoms. The van der Waals surface area contributed by atoms with Crippen LogP contribution in [-0.4, -0.2) is 42.9 Å². The molecule has 1 aliphatic heterocycles. The van der Waals surface area contributed by atoms with Crippen LogP contribution in [-0.2, 0) is 20.9 Å². The zero-order valence-corrected chi connectivity index (χ0v) is 18.0. The summed E-state index contributed by atoms with van der Waals surface area (Å²) in [5.41, 5.74) is 2.72. The van der Waals surface area contributed by atoms with Crippen molar-refractivity contribution in [1.82, 2.24) is 9.78 Å². The summed E-state index contributed by atoms with van der Waals surface area (Å²) in [5.74, 6) is 0.879. The minimum atomic E-state index is -0.835. The van der Waals surface area contributed by atoms with Gasteiger partial charge in [-0.2, -0.15) is 5.10 Å². The Kier molecular flexibility index (Phi) is 6.09. The third kappa shape index (κ3) is 4.02. The van der Waals surface area contributed by atoms with Crippen molar-refractivity contribution in [3.63, 3.8) is 0 Å². The number of anilines is 2. The minimum Gasteiger partial charge on any atom is -0.497 e. The van der Waals surface area contributed by atoms with Crippen LogP contribution in [0.3, 0.4) is 0 Å². The molecule has 0 saturated heterocycles. The molecule has 0 bridgehead atoms. The second kappa shape index (κ2) is 9.11. The third-order valence-corrected chi connectivity index (χ3v) is 5.23. The summed E-state index contributed by atoms with van der Waals surface area (Å²) in [5, 5.41) is 10.4. The lowest BCUT2D eigenvalue weighted by molar-refractivity contribution is -0.125. The van der Waals surface area contributed by atoms with Gasteiger partial charge >= 0.3 is 0 Å². The number of nitrogens with one attached hydrogen (secondary N) is 2. The van der Waals surface area contributed by atoms with Crippen LogP contribution in [0.5, 0.6) is 11.5 Å². The van der Waals surface area contributed by atoms with Crippen LogP contribution in [0, 0.1) is 0 Å². The fourth-order valence-electron chi connectivity index (χ4n) is 3.74. The van der Waals surface area contributed by atoms with Crippen LogP contribution in [0.2, 0.25) is 0 Å². The number of carbonyl (C=O) groups is 2. The molecule has 1 aliphatic rings. The Morgan fingerprint density at radius 2 is 1.94 bits per heavy atom. The first-order valence-electron chi connectivity index (χ1n) is 10.0. The highest BCUT2D eigenvalue weighted by Gasteiger charge is 2.35. The number of carbonyl (C=O) groups excluding carboxylic acids is 2. The molecule has 0 saturated carbocycles. The normalized spacial score (nSPS) is 15.0. The highest BCUT2D eigenvalue weighted by molar-refractivity contribution is 6.03. The number of nitrogens with zero attached hydrogens (tertiary/aromatic N) is 2. The number of benzene rings is 2. The van der Waals surface area contributed by atoms with E-state index in [1.807, 2.05) is 30.3 Å². The molecule has 4 rings (SSSR count). The van der Waals surface area contributed by atoms with Crippen molar-refractivity contribution in [3.8, 4) is 22.6 Å². The Labute approximate surface area is 185 Å². The summed E-state index contributed by atoms with van der Waals surface area (Å²) < 4.78 is 17.4. The van der Waals surface area contributed by atoms with E-state index in [-0.39, 0.29) is 24.8 Å². The maximum atomic E-state index is 13.2. The van der Waals surface area contributed by atoms with Gasteiger partial charge in [0.15, 0.2) is 0 Å². The first-order valence-corrected chi connectivity index (χ1v) is 10.0. The number of rotatable bonds is 7. The third-order valence-electron chi connectivity index (χ3n) is 5.23. The second-order valence-corrected chi connectivity index (χ2v) is 7.24. The summed E-state index contributed by atoms with van der Waals surface area (Å²) in [4.78, 5) is 25.8. The van der Waals surface area contributed by atoms with E-state index in [0.29, 0.717) is 28.7 Å². The minimum absolute atomic E-state index is 0.0420. The summed E-state index contributed by atoms with van der Waals surface area (Å²) in [6.07, 6.45) is -0.0420. The Balaban J connectivity index is 1.72. The van der Waals surface area contributed by atoms with Crippen molar-refractivity contribution in [2.45, 2.75) is 19.1 Å². The molecule has 166 valence electrons. The van der Waals surface area contributed by atoms with Gasteiger partial charge in [-0.05, 0) is 17.7 Å². The highest BCUT2D eigenvalue weighted by Crippen LogP contribution is 2.38. The van der Waals surface area contributed by atoms with E-state index >= 15 is 0 Å². The average Bonchev–Trinajstić information content (AvgIpc) is 3.17. The Morgan fingerprint density at radius 3 is 2.62 bits per heavy atom. The van der Waals surface area contributed by atoms with Gasteiger partial charge < -0.3 is 24.8 Å². The molecule has 9 heteroatoms. The molecular formula is C23H24N4O5. The molecule has 2 heterocycles. The molecule has 2 N–H and O–H groups in total. The first kappa shape index (κ1) is 21.4. The van der Waals surface area contributed by atoms with Crippen LogP contribution in [0.25, 0.3) is 11.1 Å². The summed E-state index contributed by atoms with van der Waals surface area (Å²) in [6, 6.07) is 13.8. The van der Waals surface area contributed by atoms with E-state index in [9.17, 15) is 9.59 Å². The zero-order valence-electron chi connectivity index (χ0n) is 18.0. The Bertz CT molecular complexity index is 1140. The highest BCUT2D eigenvalue weighted by atomic mass is 16.5. The van der Waals surface area contributed by atoms with Gasteiger partial charge in [0.25, 0.3) is 0 Å². The maximum Gasteiger partial charge on any atom is 0.249 e. The standard InChI is InChI=1S/C23H24N4O5/c1-30-13-17-21(14-7-5-4-6-8-14)22-25-20(28)12-18(27(22)26-17)23(29)24-16-10-9-15(31-2)11-19(16)32-3/h4-11,18H,12-13H2,1-3H3,(H,24,29)(H,25,28)/t18-/m0/s1. The van der Waals surface area contributed by atoms with Gasteiger partial charge in [-0.1, -0.05) is 30.3 Å². The van der Waals surface area contributed by atoms with E-state index in [4.69, 9.17) is 14.2 Å². The maximum absolute atomic E-state index is 13.2. The molecule has 2 amide bonds. The predicted molar refractivity (Wildman–Crippen MR) is 119 cm³/mol. The van der Waals surface area contributed by atoms with Gasteiger partial charge in [-0.25, -0.2) is 4.68 Å². The molecule has 9 nitrogen and oxygen atoms in total. The number of methoxy groups -OCH3 is 3. The van der Waals surface area contributed by atoms with E-state index in [2.05, 4.69) is 15.7 Å². The summed E-state index contributed by atoms with van der Waals surface area (Å²) in [7, 11) is 4.63. The summed E-state index contributed by atoms with van der Waals surface area (Å²) >= 11 is 0. The largest absolute Gasteiger partial charge is 0.497 e. The van der Waals surface area contributed by atoms with Crippen LogP contribution < -0.4 is 20.1 Å². The summed E-state index contributed by atoms with van der Waals surface area (Å²) in [6.45, 7) is 0.237. The molecule has 1 atom stereocenters. The van der Waals surface area contributed by atoms with Crippen molar-refractivity contribution < 1.29 is 23.8 Å². The molecule has 1 aromatic heterocycles. The Morgan fingerprint density at radius 1 is 1.16 bits per heavy atom. The van der Waals surface area contributed by atoms with Gasteiger partial charge in [0.05, 0.1) is 38.6 Å². The number of amides is 2. The van der Waals surface area contributed by atoms with Crippen molar-refractivity contribution in [2.75, 3.05) is 32.0 Å². The molecule has 0 aliphatic carbocycles. The van der Waals surface area contributed by atoms with E-state index in [1.54, 1.807) is 37.1 Å². The topological polar surface area (TPSA) is 104 Å². The zero-order chi connectivity index (χ0) is 22.7. The lowest BCUT2D eigenvalue weighted by atomic mass is 10.0. The number of fused-ring (bicyclic) bond motifs is 1. The predicted octanol–water partition coefficient (Wildman–Crippen LogP) is 3.24. The van der Waals surface area contributed by atoms with Crippen LogP contribution in [0.15, 0.2) is 48.5 Å². The SMILES string of the molecule is COCc1nn2c(c1-c1ccccc1)NC(=O)C[C@H]2C(=O)Nc1ccc(OC)cc1OC. The molecule has 3 aromatic rings. The van der Waals surface area contributed by atoms with E-state index in [1.165, 1.54) is 7.11 Å². The quantitative estimate of drug-likeness (QED) is 0.589. The van der Waals surface area contributed by atoms with Gasteiger partial charge in [0.1, 0.15) is 23.4 Å². The van der Waals surface area contributed by atoms with Gasteiger partial charge in [0.2, 0.25) is 11.8 Å². The lowest BCUT2D eigenvalue weighted by Crippen LogP contribution is -2.36. The lowest BCUT2D eigenvalue weighted by Gasteiger charge is -2.25. The number of hydrogen-bond donors (Lipinski definition) is 2. The fraction of sp³-hybridized carbons (Fsp3) is 0.261. The molecule has 0 spiro atoms. The molecule has 2 aromatic carbocycles. The fourth-order valence-corrected chi connectivity index (χ4v) is 3.74. The van der Waals surface area contributed by atoms with Crippen molar-refractivity contribution in [3.05, 3.63) is 54.2 Å². The van der Waals surface area contributed by atoms with Crippen LogP contribution in [0.4, 0.5) is 11.5 Å². The monoisotopic (exact) mass is 436 g/mol. The van der Waals surface area contributed by atoms with E-state index in [0.717, 1.165) is 11.1 Å².